The molecule has 3 heterocycles. The summed E-state index contributed by atoms with van der Waals surface area (Å²) in [6, 6.07) is 2.00. The van der Waals surface area contributed by atoms with Gasteiger partial charge in [0, 0.05) is 44.8 Å². The van der Waals surface area contributed by atoms with Crippen molar-refractivity contribution in [3.63, 3.8) is 0 Å². The van der Waals surface area contributed by atoms with Crippen LogP contribution in [0.2, 0.25) is 0 Å². The number of halogens is 2. The summed E-state index contributed by atoms with van der Waals surface area (Å²) in [5, 5.41) is 0.262. The van der Waals surface area contributed by atoms with E-state index in [0.29, 0.717) is 30.6 Å². The van der Waals surface area contributed by atoms with E-state index in [1.165, 1.54) is 6.07 Å². The van der Waals surface area contributed by atoms with Crippen molar-refractivity contribution < 1.29 is 27.9 Å². The van der Waals surface area contributed by atoms with Crippen molar-refractivity contribution in [2.45, 2.75) is 31.8 Å². The minimum Gasteiger partial charge on any atom is -0.467 e. The third-order valence-corrected chi connectivity index (χ3v) is 5.80. The van der Waals surface area contributed by atoms with Crippen LogP contribution in [0.1, 0.15) is 25.7 Å². The molecule has 1 aromatic carbocycles. The molecule has 0 bridgehead atoms. The highest BCUT2D eigenvalue weighted by atomic mass is 32.1. The number of fused-ring (bicyclic) bond motifs is 1. The number of rotatable bonds is 4. The molecule has 0 aliphatic carbocycles. The van der Waals surface area contributed by atoms with E-state index in [9.17, 15) is 23.2 Å². The van der Waals surface area contributed by atoms with Crippen molar-refractivity contribution in [2.75, 3.05) is 19.6 Å². The smallest absolute Gasteiger partial charge is 0.274 e. The fourth-order valence-electron chi connectivity index (χ4n) is 3.39. The van der Waals surface area contributed by atoms with Gasteiger partial charge in [0.15, 0.2) is 5.82 Å². The van der Waals surface area contributed by atoms with Gasteiger partial charge in [0.2, 0.25) is 17.7 Å². The molecule has 28 heavy (non-hydrogen) atoms. The number of carbonyl (C=O) groups is 3. The van der Waals surface area contributed by atoms with Crippen LogP contribution in [0.3, 0.4) is 0 Å². The van der Waals surface area contributed by atoms with Crippen molar-refractivity contribution in [1.29, 1.82) is 0 Å². The monoisotopic (exact) mass is 409 g/mol. The summed E-state index contributed by atoms with van der Waals surface area (Å²) in [5.41, 5.74) is 0.0777. The number of carbonyl (C=O) groups excluding carboxylic acids is 3. The first-order chi connectivity index (χ1) is 13.4. The maximum Gasteiger partial charge on any atom is 0.274 e. The molecule has 1 aromatic heterocycles. The Morgan fingerprint density at radius 1 is 1.18 bits per heavy atom. The fourth-order valence-corrected chi connectivity index (χ4v) is 4.31. The van der Waals surface area contributed by atoms with E-state index in [0.717, 1.165) is 22.3 Å². The largest absolute Gasteiger partial charge is 0.467 e. The molecule has 2 aliphatic rings. The summed E-state index contributed by atoms with van der Waals surface area (Å²) in [7, 11) is 0. The molecular weight excluding hydrogens is 392 g/mol. The van der Waals surface area contributed by atoms with Gasteiger partial charge in [0.05, 0.1) is 4.70 Å². The van der Waals surface area contributed by atoms with Crippen molar-refractivity contribution >= 4 is 39.3 Å². The molecule has 0 unspecified atom stereocenters. The lowest BCUT2D eigenvalue weighted by Gasteiger charge is -2.32. The lowest BCUT2D eigenvalue weighted by molar-refractivity contribution is -0.146. The average molecular weight is 409 g/mol. The molecule has 148 valence electrons. The molecule has 0 N–H and O–H groups in total. The second-order valence-electron chi connectivity index (χ2n) is 6.79. The molecule has 7 nitrogen and oxygen atoms in total. The fraction of sp³-hybridized carbons (Fsp3) is 0.444. The summed E-state index contributed by atoms with van der Waals surface area (Å²) in [4.78, 5) is 42.3. The summed E-state index contributed by atoms with van der Waals surface area (Å²) < 4.78 is 33.2. The lowest BCUT2D eigenvalue weighted by Crippen LogP contribution is -2.47. The summed E-state index contributed by atoms with van der Waals surface area (Å²) in [5.74, 6) is -2.28. The highest BCUT2D eigenvalue weighted by molar-refractivity contribution is 7.20. The highest BCUT2D eigenvalue weighted by Crippen LogP contribution is 2.32. The second kappa shape index (κ2) is 7.42. The van der Waals surface area contributed by atoms with Crippen LogP contribution < -0.4 is 4.74 Å². The van der Waals surface area contributed by atoms with E-state index >= 15 is 0 Å². The average Bonchev–Trinajstić information content (AvgIpc) is 3.20. The van der Waals surface area contributed by atoms with Crippen molar-refractivity contribution in [1.82, 2.24) is 14.8 Å². The number of amides is 3. The van der Waals surface area contributed by atoms with Crippen molar-refractivity contribution in [2.24, 2.45) is 0 Å². The number of hydrogen-bond donors (Lipinski definition) is 0. The zero-order chi connectivity index (χ0) is 19.8. The molecule has 0 atom stereocenters. The number of likely N-dealkylation sites (tertiary alicyclic amines) is 2. The van der Waals surface area contributed by atoms with Crippen LogP contribution in [0.25, 0.3) is 10.2 Å². The topological polar surface area (TPSA) is 79.8 Å². The normalized spacial score (nSPS) is 18.4. The number of nitrogens with zero attached hydrogens (tertiary/aromatic N) is 3. The Labute approximate surface area is 162 Å². The van der Waals surface area contributed by atoms with Crippen LogP contribution in [-0.4, -0.2) is 58.2 Å². The number of imide groups is 1. The molecule has 0 spiro atoms. The Balaban J connectivity index is 1.33. The quantitative estimate of drug-likeness (QED) is 0.723. The molecule has 0 radical (unpaired) electrons. The highest BCUT2D eigenvalue weighted by Gasteiger charge is 2.33. The maximum absolute atomic E-state index is 13.8. The van der Waals surface area contributed by atoms with Gasteiger partial charge in [0.1, 0.15) is 24.0 Å². The summed E-state index contributed by atoms with van der Waals surface area (Å²) in [6.07, 6.45) is 1.21. The van der Waals surface area contributed by atoms with E-state index in [-0.39, 0.29) is 53.9 Å². The van der Waals surface area contributed by atoms with Gasteiger partial charge in [-0.15, -0.1) is 0 Å². The first-order valence-corrected chi connectivity index (χ1v) is 9.75. The van der Waals surface area contributed by atoms with Crippen LogP contribution in [0.15, 0.2) is 12.1 Å². The first-order valence-electron chi connectivity index (χ1n) is 8.94. The number of aromatic nitrogens is 1. The van der Waals surface area contributed by atoms with Gasteiger partial charge in [-0.1, -0.05) is 11.3 Å². The molecular formula is C18H17F2N3O4S. The van der Waals surface area contributed by atoms with Crippen LogP contribution in [0.5, 0.6) is 5.19 Å². The second-order valence-corrected chi connectivity index (χ2v) is 7.78. The molecule has 2 aromatic rings. The van der Waals surface area contributed by atoms with E-state index in [2.05, 4.69) is 4.98 Å². The number of piperidine rings is 1. The zero-order valence-electron chi connectivity index (χ0n) is 14.8. The Kier molecular flexibility index (Phi) is 4.96. The molecule has 2 fully saturated rings. The van der Waals surface area contributed by atoms with Crippen LogP contribution in [-0.2, 0) is 14.4 Å². The number of benzene rings is 1. The van der Waals surface area contributed by atoms with Crippen LogP contribution in [0, 0.1) is 11.6 Å². The van der Waals surface area contributed by atoms with E-state index in [1.54, 1.807) is 4.90 Å². The van der Waals surface area contributed by atoms with Gasteiger partial charge in [-0.25, -0.2) is 8.78 Å². The van der Waals surface area contributed by atoms with E-state index in [4.69, 9.17) is 4.74 Å². The molecule has 10 heteroatoms. The number of ether oxygens (including phenoxy) is 1. The van der Waals surface area contributed by atoms with Crippen LogP contribution >= 0.6 is 11.3 Å². The van der Waals surface area contributed by atoms with Crippen molar-refractivity contribution in [3.05, 3.63) is 23.8 Å². The standard InChI is InChI=1S/C18H17F2N3O4S/c19-10-7-12(20)17-13(8-10)28-18(21-17)27-11-3-5-22(6-4-11)16(26)9-23-14(24)1-2-15(23)25/h7-8,11H,1-6,9H2. The zero-order valence-corrected chi connectivity index (χ0v) is 15.6. The predicted octanol–water partition coefficient (Wildman–Crippen LogP) is 2.09. The van der Waals surface area contributed by atoms with E-state index < -0.39 is 11.6 Å². The molecule has 4 rings (SSSR count). The first kappa shape index (κ1) is 18.7. The Hall–Kier alpha value is -2.62. The maximum atomic E-state index is 13.8. The molecule has 0 saturated carbocycles. The summed E-state index contributed by atoms with van der Waals surface area (Å²) >= 11 is 1.07. The molecule has 3 amide bonds. The van der Waals surface area contributed by atoms with Gasteiger partial charge < -0.3 is 9.64 Å². The van der Waals surface area contributed by atoms with Gasteiger partial charge in [-0.05, 0) is 6.07 Å². The SMILES string of the molecule is O=C(CN1C(=O)CCC1=O)N1CCC(Oc2nc3c(F)cc(F)cc3s2)CC1. The molecule has 2 saturated heterocycles. The lowest BCUT2D eigenvalue weighted by atomic mass is 10.1. The van der Waals surface area contributed by atoms with Gasteiger partial charge in [0.25, 0.3) is 5.19 Å². The van der Waals surface area contributed by atoms with Crippen LogP contribution in [0.4, 0.5) is 8.78 Å². The van der Waals surface area contributed by atoms with Crippen molar-refractivity contribution in [3.8, 4) is 5.19 Å². The number of thiazole rings is 1. The Morgan fingerprint density at radius 3 is 2.54 bits per heavy atom. The minimum absolute atomic E-state index is 0.0777. The Bertz CT molecular complexity index is 940. The Morgan fingerprint density at radius 2 is 1.86 bits per heavy atom. The van der Waals surface area contributed by atoms with Gasteiger partial charge in [-0.3, -0.25) is 19.3 Å². The van der Waals surface area contributed by atoms with Gasteiger partial charge >= 0.3 is 0 Å². The summed E-state index contributed by atoms with van der Waals surface area (Å²) in [6.45, 7) is 0.632. The minimum atomic E-state index is -0.729. The third-order valence-electron chi connectivity index (χ3n) is 4.90. The number of hydrogen-bond acceptors (Lipinski definition) is 6. The van der Waals surface area contributed by atoms with E-state index in [1.807, 2.05) is 0 Å². The third kappa shape index (κ3) is 3.68. The predicted molar refractivity (Wildman–Crippen MR) is 95.7 cm³/mol. The molecule has 2 aliphatic heterocycles. The van der Waals surface area contributed by atoms with Gasteiger partial charge in [-0.2, -0.15) is 4.98 Å².